The van der Waals surface area contributed by atoms with Gasteiger partial charge in [0.25, 0.3) is 0 Å². The van der Waals surface area contributed by atoms with Gasteiger partial charge in [-0.25, -0.2) is 8.78 Å². The van der Waals surface area contributed by atoms with Gasteiger partial charge in [0.15, 0.2) is 0 Å². The fourth-order valence-electron chi connectivity index (χ4n) is 1.79. The molecule has 2 aromatic carbocycles. The largest absolute Gasteiger partial charge is 0.206 e. The van der Waals surface area contributed by atoms with Crippen LogP contribution in [0, 0.1) is 11.6 Å². The van der Waals surface area contributed by atoms with Crippen LogP contribution in [0.4, 0.5) is 8.78 Å². The molecule has 0 atom stereocenters. The summed E-state index contributed by atoms with van der Waals surface area (Å²) >= 11 is 4.32. The Morgan fingerprint density at radius 2 is 1.81 bits per heavy atom. The van der Waals surface area contributed by atoms with Crippen molar-refractivity contribution in [2.24, 2.45) is 0 Å². The van der Waals surface area contributed by atoms with Crippen LogP contribution in [0.25, 0.3) is 20.2 Å². The van der Waals surface area contributed by atoms with Gasteiger partial charge in [-0.05, 0) is 28.1 Å². The Morgan fingerprint density at radius 1 is 1.06 bits per heavy atom. The molecule has 0 N–H and O–H groups in total. The van der Waals surface area contributed by atoms with Crippen molar-refractivity contribution in [2.75, 3.05) is 0 Å². The highest BCUT2D eigenvalue weighted by molar-refractivity contribution is 9.10. The Balaban J connectivity index is 2.62. The van der Waals surface area contributed by atoms with Crippen molar-refractivity contribution < 1.29 is 8.78 Å². The minimum atomic E-state index is -0.559. The van der Waals surface area contributed by atoms with Crippen LogP contribution in [0.2, 0.25) is 0 Å². The minimum absolute atomic E-state index is 0.0939. The number of halogens is 3. The normalized spacial score (nSPS) is 11.4. The predicted octanol–water partition coefficient (Wildman–Crippen LogP) is 5.10. The van der Waals surface area contributed by atoms with Crippen molar-refractivity contribution in [1.29, 1.82) is 0 Å². The van der Waals surface area contributed by atoms with E-state index in [2.05, 4.69) is 15.9 Å². The Hall–Kier alpha value is -1.00. The number of benzene rings is 2. The highest BCUT2D eigenvalue weighted by atomic mass is 79.9. The van der Waals surface area contributed by atoms with Gasteiger partial charge in [-0.15, -0.1) is 11.3 Å². The van der Waals surface area contributed by atoms with Crippen molar-refractivity contribution in [1.82, 2.24) is 0 Å². The predicted molar refractivity (Wildman–Crippen MR) is 66.9 cm³/mol. The molecule has 0 aliphatic heterocycles. The van der Waals surface area contributed by atoms with Gasteiger partial charge in [-0.2, -0.15) is 0 Å². The van der Waals surface area contributed by atoms with Crippen LogP contribution in [-0.4, -0.2) is 0 Å². The van der Waals surface area contributed by atoms with E-state index >= 15 is 0 Å². The van der Waals surface area contributed by atoms with Crippen LogP contribution in [0.3, 0.4) is 0 Å². The molecule has 0 saturated heterocycles. The average Bonchev–Trinajstić information content (AvgIpc) is 2.64. The van der Waals surface area contributed by atoms with E-state index in [0.29, 0.717) is 10.1 Å². The van der Waals surface area contributed by atoms with Gasteiger partial charge < -0.3 is 0 Å². The molecule has 4 heteroatoms. The van der Waals surface area contributed by atoms with Gasteiger partial charge >= 0.3 is 0 Å². The van der Waals surface area contributed by atoms with Crippen LogP contribution in [0.1, 0.15) is 0 Å². The van der Waals surface area contributed by atoms with Crippen LogP contribution in [0.15, 0.2) is 34.8 Å². The topological polar surface area (TPSA) is 0 Å². The van der Waals surface area contributed by atoms with E-state index in [1.807, 2.05) is 24.3 Å². The van der Waals surface area contributed by atoms with E-state index in [4.69, 9.17) is 0 Å². The van der Waals surface area contributed by atoms with Crippen molar-refractivity contribution in [3.63, 3.8) is 0 Å². The summed E-state index contributed by atoms with van der Waals surface area (Å²) in [5, 5.41) is 1.33. The molecular formula is C12H5BrF2S. The fourth-order valence-corrected chi connectivity index (χ4v) is 3.23. The SMILES string of the molecule is Fc1cc2sc3ccccc3c2c(F)c1Br. The second-order valence-electron chi connectivity index (χ2n) is 3.46. The molecule has 3 rings (SSSR count). The van der Waals surface area contributed by atoms with E-state index in [-0.39, 0.29) is 4.47 Å². The lowest BCUT2D eigenvalue weighted by atomic mass is 10.1. The van der Waals surface area contributed by atoms with E-state index in [9.17, 15) is 8.78 Å². The molecule has 0 fully saturated rings. The summed E-state index contributed by atoms with van der Waals surface area (Å²) in [5.41, 5.74) is 0. The van der Waals surface area contributed by atoms with Gasteiger partial charge in [0.05, 0.1) is 4.47 Å². The van der Waals surface area contributed by atoms with E-state index in [0.717, 1.165) is 10.1 Å². The summed E-state index contributed by atoms with van der Waals surface area (Å²) in [6.07, 6.45) is 0. The molecule has 0 aliphatic rings. The van der Waals surface area contributed by atoms with E-state index in [1.54, 1.807) is 0 Å². The summed E-state index contributed by atoms with van der Waals surface area (Å²) < 4.78 is 28.8. The molecule has 1 heterocycles. The van der Waals surface area contributed by atoms with Crippen LogP contribution in [0.5, 0.6) is 0 Å². The third-order valence-corrected chi connectivity index (χ3v) is 4.35. The number of fused-ring (bicyclic) bond motifs is 3. The second-order valence-corrected chi connectivity index (χ2v) is 5.33. The first-order valence-electron chi connectivity index (χ1n) is 4.63. The molecule has 0 nitrogen and oxygen atoms in total. The van der Waals surface area contributed by atoms with Crippen LogP contribution < -0.4 is 0 Å². The van der Waals surface area contributed by atoms with Gasteiger partial charge in [-0.1, -0.05) is 18.2 Å². The first kappa shape index (κ1) is 10.2. The highest BCUT2D eigenvalue weighted by Gasteiger charge is 2.15. The summed E-state index contributed by atoms with van der Waals surface area (Å²) in [5.74, 6) is -1.08. The molecule has 0 radical (unpaired) electrons. The smallest absolute Gasteiger partial charge is 0.149 e. The molecule has 3 aromatic rings. The Labute approximate surface area is 103 Å². The molecular weight excluding hydrogens is 294 g/mol. The standard InChI is InChI=1S/C12H5BrF2S/c13-11-7(14)5-9-10(12(11)15)6-3-1-2-4-8(6)16-9/h1-5H. The molecule has 0 bridgehead atoms. The molecule has 1 aromatic heterocycles. The molecule has 0 spiro atoms. The van der Waals surface area contributed by atoms with Gasteiger partial charge in [0.1, 0.15) is 11.6 Å². The summed E-state index contributed by atoms with van der Waals surface area (Å²) in [4.78, 5) is 0. The Kier molecular flexibility index (Phi) is 2.23. The van der Waals surface area contributed by atoms with Crippen molar-refractivity contribution in [3.8, 4) is 0 Å². The molecule has 0 aliphatic carbocycles. The second kappa shape index (κ2) is 3.50. The third kappa shape index (κ3) is 1.30. The first-order chi connectivity index (χ1) is 7.68. The summed E-state index contributed by atoms with van der Waals surface area (Å²) in [7, 11) is 0. The van der Waals surface area contributed by atoms with E-state index < -0.39 is 11.6 Å². The lowest BCUT2D eigenvalue weighted by Gasteiger charge is -1.98. The summed E-state index contributed by atoms with van der Waals surface area (Å²) in [6, 6.07) is 8.87. The molecule has 16 heavy (non-hydrogen) atoms. The first-order valence-corrected chi connectivity index (χ1v) is 6.24. The lowest BCUT2D eigenvalue weighted by Crippen LogP contribution is -1.84. The molecule has 0 unspecified atom stereocenters. The Morgan fingerprint density at radius 3 is 2.62 bits per heavy atom. The maximum Gasteiger partial charge on any atom is 0.149 e. The molecule has 0 saturated carbocycles. The van der Waals surface area contributed by atoms with Gasteiger partial charge in [0, 0.05) is 20.2 Å². The number of thiophene rings is 1. The Bertz CT molecular complexity index is 703. The van der Waals surface area contributed by atoms with Gasteiger partial charge in [0.2, 0.25) is 0 Å². The zero-order chi connectivity index (χ0) is 11.3. The fraction of sp³-hybridized carbons (Fsp3) is 0. The van der Waals surface area contributed by atoms with Crippen LogP contribution >= 0.6 is 27.3 Å². The highest BCUT2D eigenvalue weighted by Crippen LogP contribution is 2.38. The van der Waals surface area contributed by atoms with Crippen molar-refractivity contribution in [3.05, 3.63) is 46.4 Å². The number of rotatable bonds is 0. The van der Waals surface area contributed by atoms with Crippen LogP contribution in [-0.2, 0) is 0 Å². The quantitative estimate of drug-likeness (QED) is 0.507. The maximum atomic E-state index is 13.9. The average molecular weight is 299 g/mol. The van der Waals surface area contributed by atoms with Gasteiger partial charge in [-0.3, -0.25) is 0 Å². The zero-order valence-electron chi connectivity index (χ0n) is 7.93. The lowest BCUT2D eigenvalue weighted by molar-refractivity contribution is 0.581. The third-order valence-electron chi connectivity index (χ3n) is 2.50. The minimum Gasteiger partial charge on any atom is -0.206 e. The monoisotopic (exact) mass is 298 g/mol. The molecule has 0 amide bonds. The summed E-state index contributed by atoms with van der Waals surface area (Å²) in [6.45, 7) is 0. The zero-order valence-corrected chi connectivity index (χ0v) is 10.3. The van der Waals surface area contributed by atoms with E-state index in [1.165, 1.54) is 17.4 Å². The van der Waals surface area contributed by atoms with Crippen molar-refractivity contribution in [2.45, 2.75) is 0 Å². The maximum absolute atomic E-state index is 13.9. The molecule has 80 valence electrons. The number of hydrogen-bond donors (Lipinski definition) is 0. The number of hydrogen-bond acceptors (Lipinski definition) is 1. The van der Waals surface area contributed by atoms with Crippen molar-refractivity contribution >= 4 is 47.4 Å².